The van der Waals surface area contributed by atoms with Crippen LogP contribution in [-0.2, 0) is 9.59 Å². The van der Waals surface area contributed by atoms with E-state index in [2.05, 4.69) is 6.58 Å². The molecular formula is C13H17NO2. The number of likely N-dealkylation sites (tertiary alicyclic amines) is 1. The first kappa shape index (κ1) is 12.4. The van der Waals surface area contributed by atoms with Crippen LogP contribution in [0.3, 0.4) is 0 Å². The van der Waals surface area contributed by atoms with E-state index < -0.39 is 0 Å². The number of rotatable bonds is 4. The van der Waals surface area contributed by atoms with E-state index in [1.54, 1.807) is 19.1 Å². The van der Waals surface area contributed by atoms with Crippen LogP contribution in [0.2, 0.25) is 0 Å². The zero-order valence-electron chi connectivity index (χ0n) is 9.82. The lowest BCUT2D eigenvalue weighted by Gasteiger charge is -2.11. The van der Waals surface area contributed by atoms with Crippen LogP contribution in [0.1, 0.15) is 26.7 Å². The lowest BCUT2D eigenvalue weighted by molar-refractivity contribution is -0.136. The summed E-state index contributed by atoms with van der Waals surface area (Å²) in [7, 11) is 0. The summed E-state index contributed by atoms with van der Waals surface area (Å²) in [5, 5.41) is 0. The molecule has 1 fully saturated rings. The van der Waals surface area contributed by atoms with Crippen molar-refractivity contribution in [2.75, 3.05) is 6.54 Å². The zero-order valence-corrected chi connectivity index (χ0v) is 9.82. The van der Waals surface area contributed by atoms with Crippen molar-refractivity contribution in [1.82, 2.24) is 4.90 Å². The van der Waals surface area contributed by atoms with Crippen LogP contribution < -0.4 is 0 Å². The quantitative estimate of drug-likeness (QED) is 0.537. The molecule has 0 aliphatic carbocycles. The third kappa shape index (κ3) is 2.13. The van der Waals surface area contributed by atoms with E-state index in [4.69, 9.17) is 0 Å². The number of carbonyl (C=O) groups is 2. The second-order valence-electron chi connectivity index (χ2n) is 3.63. The predicted molar refractivity (Wildman–Crippen MR) is 63.7 cm³/mol. The fourth-order valence-corrected chi connectivity index (χ4v) is 1.69. The maximum atomic E-state index is 11.9. The van der Waals surface area contributed by atoms with E-state index in [1.165, 1.54) is 11.0 Å². The van der Waals surface area contributed by atoms with Crippen LogP contribution >= 0.6 is 0 Å². The van der Waals surface area contributed by atoms with Gasteiger partial charge in [-0.15, -0.1) is 0 Å². The van der Waals surface area contributed by atoms with Crippen molar-refractivity contribution >= 4 is 11.8 Å². The molecule has 1 saturated heterocycles. The van der Waals surface area contributed by atoms with Gasteiger partial charge >= 0.3 is 0 Å². The lowest BCUT2D eigenvalue weighted by atomic mass is 10.1. The third-order valence-corrected chi connectivity index (χ3v) is 2.55. The van der Waals surface area contributed by atoms with Crippen molar-refractivity contribution in [2.45, 2.75) is 26.7 Å². The Morgan fingerprint density at radius 2 is 1.88 bits per heavy atom. The molecule has 16 heavy (non-hydrogen) atoms. The van der Waals surface area contributed by atoms with Crippen LogP contribution in [0.5, 0.6) is 0 Å². The average Bonchev–Trinajstić information content (AvgIpc) is 2.50. The van der Waals surface area contributed by atoms with Gasteiger partial charge in [-0.3, -0.25) is 14.5 Å². The van der Waals surface area contributed by atoms with Gasteiger partial charge in [0.05, 0.1) is 5.57 Å². The van der Waals surface area contributed by atoms with E-state index in [0.29, 0.717) is 17.7 Å². The molecule has 0 bridgehead atoms. The predicted octanol–water partition coefficient (Wildman–Crippen LogP) is 2.21. The van der Waals surface area contributed by atoms with Gasteiger partial charge in [0, 0.05) is 12.1 Å². The van der Waals surface area contributed by atoms with Crippen molar-refractivity contribution in [3.05, 3.63) is 36.0 Å². The first-order chi connectivity index (χ1) is 7.67. The molecule has 2 amide bonds. The molecule has 0 unspecified atom stereocenters. The molecular weight excluding hydrogens is 202 g/mol. The molecule has 86 valence electrons. The number of allylic oxidation sites excluding steroid dienone is 3. The first-order valence-electron chi connectivity index (χ1n) is 5.53. The highest BCUT2D eigenvalue weighted by atomic mass is 16.2. The topological polar surface area (TPSA) is 37.4 Å². The molecule has 0 atom stereocenters. The molecule has 0 saturated carbocycles. The van der Waals surface area contributed by atoms with Gasteiger partial charge in [-0.1, -0.05) is 32.1 Å². The van der Waals surface area contributed by atoms with E-state index in [1.807, 2.05) is 6.92 Å². The van der Waals surface area contributed by atoms with Gasteiger partial charge < -0.3 is 0 Å². The Labute approximate surface area is 96.1 Å². The van der Waals surface area contributed by atoms with E-state index >= 15 is 0 Å². The normalized spacial score (nSPS) is 21.2. The highest BCUT2D eigenvalue weighted by Gasteiger charge is 2.37. The Balaban J connectivity index is 3.01. The number of imide groups is 1. The van der Waals surface area contributed by atoms with Gasteiger partial charge in [0.2, 0.25) is 0 Å². The minimum atomic E-state index is -0.202. The Hall–Kier alpha value is -1.64. The number of hydrogen-bond donors (Lipinski definition) is 0. The number of carbonyl (C=O) groups excluding carboxylic acids is 2. The van der Waals surface area contributed by atoms with Gasteiger partial charge in [0.1, 0.15) is 0 Å². The van der Waals surface area contributed by atoms with Crippen LogP contribution in [0.25, 0.3) is 0 Å². The molecule has 3 nitrogen and oxygen atoms in total. The lowest BCUT2D eigenvalue weighted by Crippen LogP contribution is -2.30. The molecule has 1 aliphatic heterocycles. The summed E-state index contributed by atoms with van der Waals surface area (Å²) in [5.41, 5.74) is 0.944. The summed E-state index contributed by atoms with van der Waals surface area (Å²) in [6.07, 6.45) is 6.62. The number of unbranched alkanes of at least 4 members (excludes halogenated alkanes) is 1. The molecule has 1 heterocycles. The summed E-state index contributed by atoms with van der Waals surface area (Å²) in [4.78, 5) is 25.1. The SMILES string of the molecule is C=C/C=C1/C(=O)N(CCCC)C(=O)/C1=C/C. The molecule has 0 aromatic heterocycles. The average molecular weight is 219 g/mol. The van der Waals surface area contributed by atoms with Gasteiger partial charge in [0.25, 0.3) is 11.8 Å². The molecule has 0 spiro atoms. The van der Waals surface area contributed by atoms with Crippen molar-refractivity contribution in [2.24, 2.45) is 0 Å². The molecule has 1 rings (SSSR count). The smallest absolute Gasteiger partial charge is 0.261 e. The summed E-state index contributed by atoms with van der Waals surface area (Å²) >= 11 is 0. The highest BCUT2D eigenvalue weighted by molar-refractivity contribution is 6.24. The van der Waals surface area contributed by atoms with E-state index in [9.17, 15) is 9.59 Å². The molecule has 0 N–H and O–H groups in total. The molecule has 0 radical (unpaired) electrons. The molecule has 3 heteroatoms. The second-order valence-corrected chi connectivity index (χ2v) is 3.63. The maximum absolute atomic E-state index is 11.9. The molecule has 0 aromatic rings. The van der Waals surface area contributed by atoms with Gasteiger partial charge in [-0.25, -0.2) is 0 Å². The Morgan fingerprint density at radius 1 is 1.25 bits per heavy atom. The Kier molecular flexibility index (Phi) is 4.23. The van der Waals surface area contributed by atoms with E-state index in [0.717, 1.165) is 12.8 Å². The van der Waals surface area contributed by atoms with Gasteiger partial charge in [-0.05, 0) is 19.4 Å². The van der Waals surface area contributed by atoms with Crippen LogP contribution in [0, 0.1) is 0 Å². The molecule has 1 aliphatic rings. The van der Waals surface area contributed by atoms with Crippen molar-refractivity contribution in [1.29, 1.82) is 0 Å². The summed E-state index contributed by atoms with van der Waals surface area (Å²) in [5.74, 6) is -0.388. The Morgan fingerprint density at radius 3 is 2.38 bits per heavy atom. The maximum Gasteiger partial charge on any atom is 0.261 e. The number of nitrogens with zero attached hydrogens (tertiary/aromatic N) is 1. The first-order valence-corrected chi connectivity index (χ1v) is 5.53. The second kappa shape index (κ2) is 5.45. The number of hydrogen-bond acceptors (Lipinski definition) is 2. The minimum Gasteiger partial charge on any atom is -0.274 e. The van der Waals surface area contributed by atoms with Gasteiger partial charge in [-0.2, -0.15) is 0 Å². The van der Waals surface area contributed by atoms with Crippen LogP contribution in [0.15, 0.2) is 36.0 Å². The molecule has 0 aromatic carbocycles. The minimum absolute atomic E-state index is 0.186. The summed E-state index contributed by atoms with van der Waals surface area (Å²) in [6.45, 7) is 7.85. The van der Waals surface area contributed by atoms with Crippen LogP contribution in [-0.4, -0.2) is 23.3 Å². The van der Waals surface area contributed by atoms with Crippen molar-refractivity contribution < 1.29 is 9.59 Å². The number of amides is 2. The fraction of sp³-hybridized carbons (Fsp3) is 0.385. The fourth-order valence-electron chi connectivity index (χ4n) is 1.69. The van der Waals surface area contributed by atoms with Crippen molar-refractivity contribution in [3.8, 4) is 0 Å². The standard InChI is InChI=1S/C13H17NO2/c1-4-7-9-14-12(15)10(6-3)11(8-5-2)13(14)16/h5-6,8H,2,4,7,9H2,1,3H3/b10-6+,11-8+. The largest absolute Gasteiger partial charge is 0.274 e. The van der Waals surface area contributed by atoms with E-state index in [-0.39, 0.29) is 11.8 Å². The summed E-state index contributed by atoms with van der Waals surface area (Å²) < 4.78 is 0. The van der Waals surface area contributed by atoms with Gasteiger partial charge in [0.15, 0.2) is 0 Å². The third-order valence-electron chi connectivity index (χ3n) is 2.55. The Bertz CT molecular complexity index is 377. The van der Waals surface area contributed by atoms with Crippen LogP contribution in [0.4, 0.5) is 0 Å². The zero-order chi connectivity index (χ0) is 12.1. The monoisotopic (exact) mass is 219 g/mol. The highest BCUT2D eigenvalue weighted by Crippen LogP contribution is 2.25. The summed E-state index contributed by atoms with van der Waals surface area (Å²) in [6, 6.07) is 0. The van der Waals surface area contributed by atoms with Crippen molar-refractivity contribution in [3.63, 3.8) is 0 Å².